The van der Waals surface area contributed by atoms with Gasteiger partial charge in [0.25, 0.3) is 0 Å². The normalized spacial score (nSPS) is 22.7. The number of rotatable bonds is 4. The molecule has 40 heavy (non-hydrogen) atoms. The van der Waals surface area contributed by atoms with Gasteiger partial charge in [0.2, 0.25) is 11.9 Å². The van der Waals surface area contributed by atoms with Crippen LogP contribution in [0.4, 0.5) is 17.6 Å². The Balaban J connectivity index is 1.41. The van der Waals surface area contributed by atoms with Crippen molar-refractivity contribution in [2.45, 2.75) is 57.2 Å². The van der Waals surface area contributed by atoms with E-state index in [0.29, 0.717) is 41.4 Å². The zero-order valence-electron chi connectivity index (χ0n) is 21.7. The number of hydrogen-bond acceptors (Lipinski definition) is 6. The van der Waals surface area contributed by atoms with Gasteiger partial charge in [0.05, 0.1) is 31.1 Å². The van der Waals surface area contributed by atoms with Gasteiger partial charge < -0.3 is 20.1 Å². The smallest absolute Gasteiger partial charge is 0.433 e. The summed E-state index contributed by atoms with van der Waals surface area (Å²) in [5, 5.41) is 13.5. The molecule has 4 aliphatic rings. The van der Waals surface area contributed by atoms with Crippen molar-refractivity contribution in [3.63, 3.8) is 0 Å². The van der Waals surface area contributed by atoms with Crippen LogP contribution in [0.5, 0.6) is 5.75 Å². The molecule has 0 saturated heterocycles. The lowest BCUT2D eigenvalue weighted by atomic mass is 9.87. The van der Waals surface area contributed by atoms with Crippen molar-refractivity contribution in [1.82, 2.24) is 20.1 Å². The predicted octanol–water partition coefficient (Wildman–Crippen LogP) is 2.87. The average molecular weight is 559 g/mol. The summed E-state index contributed by atoms with van der Waals surface area (Å²) in [6.07, 6.45) is 0.0808. The number of β-amino-alcohol motifs (C(OH)–C–C–N with tert-alkyl or cyclic N) is 1. The minimum Gasteiger partial charge on any atom is -0.493 e. The Hall–Kier alpha value is -4.00. The number of alkyl halides is 3. The lowest BCUT2D eigenvalue weighted by molar-refractivity contribution is -0.141. The van der Waals surface area contributed by atoms with Gasteiger partial charge in [-0.2, -0.15) is 13.2 Å². The molecule has 0 fully saturated rings. The second-order valence-electron chi connectivity index (χ2n) is 10.8. The molecule has 2 N–H and O–H groups in total. The lowest BCUT2D eigenvalue weighted by Gasteiger charge is -2.39. The number of aliphatic imine (C=N–C) groups is 2. The van der Waals surface area contributed by atoms with E-state index in [1.165, 1.54) is 31.2 Å². The van der Waals surface area contributed by atoms with E-state index in [9.17, 15) is 27.5 Å². The fourth-order valence-corrected chi connectivity index (χ4v) is 5.58. The van der Waals surface area contributed by atoms with Gasteiger partial charge in [-0.15, -0.1) is 0 Å². The number of fused-ring (bicyclic) bond motifs is 3. The SMILES string of the molecule is CC(C)(O)CN1Cc2cc(C(F)(F)F)ncc2C2=CNC(=NCc3c(F)ccc4c3CCO4)N3C=NC(C1=O)C23. The Morgan fingerprint density at radius 3 is 2.83 bits per heavy atom. The van der Waals surface area contributed by atoms with Gasteiger partial charge >= 0.3 is 6.18 Å². The second-order valence-corrected chi connectivity index (χ2v) is 10.8. The van der Waals surface area contributed by atoms with Gasteiger partial charge in [0.15, 0.2) is 6.04 Å². The maximum Gasteiger partial charge on any atom is 0.433 e. The third kappa shape index (κ3) is 4.57. The fraction of sp³-hybridized carbons (Fsp3) is 0.407. The Morgan fingerprint density at radius 1 is 1.27 bits per heavy atom. The number of amides is 1. The van der Waals surface area contributed by atoms with Crippen LogP contribution in [0.1, 0.15) is 41.8 Å². The Kier molecular flexibility index (Phi) is 6.09. The maximum absolute atomic E-state index is 14.7. The standard InChI is InChI=1S/C27H26F4N6O3/c1-26(2,39)12-36-11-14-7-21(27(29,30)31)32-8-16(14)18-10-34-25(37-13-35-22(23(18)37)24(36)38)33-9-17-15-5-6-40-20(15)4-3-19(17)28/h3-4,7-8,10,13,22-23,39H,5-6,9,11-12H2,1-2H3,(H,33,34). The molecule has 0 aliphatic carbocycles. The topological polar surface area (TPSA) is 103 Å². The van der Waals surface area contributed by atoms with Crippen molar-refractivity contribution in [3.8, 4) is 5.75 Å². The molecule has 1 aromatic carbocycles. The van der Waals surface area contributed by atoms with E-state index in [0.717, 1.165) is 17.8 Å². The minimum atomic E-state index is -4.68. The van der Waals surface area contributed by atoms with Crippen LogP contribution in [0.25, 0.3) is 5.57 Å². The first-order valence-corrected chi connectivity index (χ1v) is 12.7. The summed E-state index contributed by atoms with van der Waals surface area (Å²) in [5.74, 6) is 0.0772. The van der Waals surface area contributed by atoms with Crippen molar-refractivity contribution < 1.29 is 32.2 Å². The molecule has 2 unspecified atom stereocenters. The lowest BCUT2D eigenvalue weighted by Crippen LogP contribution is -2.56. The summed E-state index contributed by atoms with van der Waals surface area (Å²) in [6, 6.07) is 2.19. The zero-order chi connectivity index (χ0) is 28.4. The van der Waals surface area contributed by atoms with Gasteiger partial charge in [0.1, 0.15) is 17.3 Å². The summed E-state index contributed by atoms with van der Waals surface area (Å²) < 4.78 is 60.9. The molecule has 13 heteroatoms. The molecule has 0 radical (unpaired) electrons. The van der Waals surface area contributed by atoms with Crippen molar-refractivity contribution in [2.75, 3.05) is 13.2 Å². The van der Waals surface area contributed by atoms with Crippen molar-refractivity contribution in [2.24, 2.45) is 9.98 Å². The number of aliphatic hydroxyl groups is 1. The number of halogens is 4. The molecular weight excluding hydrogens is 532 g/mol. The molecule has 0 spiro atoms. The summed E-state index contributed by atoms with van der Waals surface area (Å²) in [6.45, 7) is 3.21. The van der Waals surface area contributed by atoms with Crippen LogP contribution in [0.15, 0.2) is 40.6 Å². The van der Waals surface area contributed by atoms with Gasteiger partial charge in [0, 0.05) is 54.2 Å². The van der Waals surface area contributed by atoms with E-state index < -0.39 is 41.3 Å². The highest BCUT2D eigenvalue weighted by Crippen LogP contribution is 2.38. The fourth-order valence-electron chi connectivity index (χ4n) is 5.58. The summed E-state index contributed by atoms with van der Waals surface area (Å²) in [5.41, 5.74) is -0.0389. The monoisotopic (exact) mass is 558 g/mol. The van der Waals surface area contributed by atoms with Crippen LogP contribution in [0.2, 0.25) is 0 Å². The molecule has 0 bridgehead atoms. The van der Waals surface area contributed by atoms with Gasteiger partial charge in [-0.25, -0.2) is 9.38 Å². The first-order valence-electron chi connectivity index (χ1n) is 12.7. The van der Waals surface area contributed by atoms with E-state index in [1.54, 1.807) is 17.2 Å². The van der Waals surface area contributed by atoms with Crippen LogP contribution in [-0.2, 0) is 30.5 Å². The van der Waals surface area contributed by atoms with E-state index in [1.807, 2.05) is 0 Å². The van der Waals surface area contributed by atoms with E-state index in [2.05, 4.69) is 20.3 Å². The van der Waals surface area contributed by atoms with Crippen molar-refractivity contribution in [1.29, 1.82) is 0 Å². The number of benzene rings is 1. The number of ether oxygens (including phenoxy) is 1. The van der Waals surface area contributed by atoms with Gasteiger partial charge in [-0.3, -0.25) is 19.7 Å². The van der Waals surface area contributed by atoms with E-state index in [-0.39, 0.29) is 25.2 Å². The maximum atomic E-state index is 14.7. The first-order chi connectivity index (χ1) is 18.9. The predicted molar refractivity (Wildman–Crippen MR) is 137 cm³/mol. The number of guanidine groups is 1. The largest absolute Gasteiger partial charge is 0.493 e. The number of hydrogen-bond donors (Lipinski definition) is 2. The molecule has 4 aliphatic heterocycles. The van der Waals surface area contributed by atoms with Crippen LogP contribution < -0.4 is 10.1 Å². The summed E-state index contributed by atoms with van der Waals surface area (Å²) in [7, 11) is 0. The molecular formula is C27H26F4N6O3. The molecule has 1 amide bonds. The van der Waals surface area contributed by atoms with Crippen LogP contribution in [-0.4, -0.2) is 68.9 Å². The number of carbonyl (C=O) groups excluding carboxylic acids is 1. The Morgan fingerprint density at radius 2 is 2.08 bits per heavy atom. The van der Waals surface area contributed by atoms with Crippen molar-refractivity contribution in [3.05, 3.63) is 64.4 Å². The molecule has 5 heterocycles. The van der Waals surface area contributed by atoms with Crippen LogP contribution in [0, 0.1) is 5.82 Å². The van der Waals surface area contributed by atoms with Crippen LogP contribution in [0.3, 0.4) is 0 Å². The molecule has 0 saturated carbocycles. The number of nitrogens with one attached hydrogen (secondary N) is 1. The first kappa shape index (κ1) is 26.2. The van der Waals surface area contributed by atoms with Crippen LogP contribution >= 0.6 is 0 Å². The third-order valence-electron chi connectivity index (χ3n) is 7.29. The van der Waals surface area contributed by atoms with E-state index >= 15 is 0 Å². The Bertz CT molecular complexity index is 1480. The molecule has 210 valence electrons. The highest BCUT2D eigenvalue weighted by Gasteiger charge is 2.47. The van der Waals surface area contributed by atoms with E-state index in [4.69, 9.17) is 4.74 Å². The van der Waals surface area contributed by atoms with Gasteiger partial charge in [-0.05, 0) is 37.6 Å². The number of carbonyl (C=O) groups is 1. The third-order valence-corrected chi connectivity index (χ3v) is 7.29. The number of pyridine rings is 1. The quantitative estimate of drug-likeness (QED) is 0.560. The molecule has 2 atom stereocenters. The molecule has 6 rings (SSSR count). The Labute approximate surface area is 226 Å². The molecule has 1 aromatic heterocycles. The number of nitrogens with zero attached hydrogens (tertiary/aromatic N) is 5. The summed E-state index contributed by atoms with van der Waals surface area (Å²) >= 11 is 0. The highest BCUT2D eigenvalue weighted by molar-refractivity contribution is 6.03. The van der Waals surface area contributed by atoms with Gasteiger partial charge in [-0.1, -0.05) is 0 Å². The minimum absolute atomic E-state index is 0.00252. The molecule has 2 aromatic rings. The number of aromatic nitrogens is 1. The average Bonchev–Trinajstić information content (AvgIpc) is 3.53. The van der Waals surface area contributed by atoms with Crippen molar-refractivity contribution >= 4 is 23.8 Å². The summed E-state index contributed by atoms with van der Waals surface area (Å²) in [4.78, 5) is 29.4. The highest BCUT2D eigenvalue weighted by atomic mass is 19.4. The second kappa shape index (κ2) is 9.29. The zero-order valence-corrected chi connectivity index (χ0v) is 21.7. The molecule has 9 nitrogen and oxygen atoms in total.